The van der Waals surface area contributed by atoms with Gasteiger partial charge in [-0.3, -0.25) is 0 Å². The third kappa shape index (κ3) is 1.75. The zero-order chi connectivity index (χ0) is 14.6. The lowest BCUT2D eigenvalue weighted by Crippen LogP contribution is -1.98. The van der Waals surface area contributed by atoms with E-state index in [0.29, 0.717) is 0 Å². The van der Waals surface area contributed by atoms with Crippen LogP contribution in [0.1, 0.15) is 39.8 Å². The van der Waals surface area contributed by atoms with Gasteiger partial charge >= 0.3 is 0 Å². The molecule has 0 saturated heterocycles. The Kier molecular flexibility index (Phi) is 2.68. The van der Waals surface area contributed by atoms with E-state index in [1.807, 2.05) is 0 Å². The van der Waals surface area contributed by atoms with E-state index in [9.17, 15) is 0 Å². The predicted octanol–water partition coefficient (Wildman–Crippen LogP) is 5.53. The molecular formula is C21H20. The molecule has 104 valence electrons. The first-order valence-electron chi connectivity index (χ1n) is 7.75. The van der Waals surface area contributed by atoms with E-state index < -0.39 is 0 Å². The second-order valence-corrected chi connectivity index (χ2v) is 6.33. The fraction of sp³-hybridized carbons (Fsp3) is 0.238. The molecule has 4 rings (SSSR count). The number of hydrogen-bond acceptors (Lipinski definition) is 0. The van der Waals surface area contributed by atoms with Crippen molar-refractivity contribution in [3.05, 3.63) is 75.9 Å². The van der Waals surface area contributed by atoms with Crippen molar-refractivity contribution in [3.8, 4) is 11.1 Å². The molecule has 0 fully saturated rings. The molecule has 2 aliphatic carbocycles. The van der Waals surface area contributed by atoms with Crippen molar-refractivity contribution >= 4 is 5.57 Å². The van der Waals surface area contributed by atoms with Crippen molar-refractivity contribution < 1.29 is 0 Å². The first-order valence-corrected chi connectivity index (χ1v) is 7.75. The Bertz CT molecular complexity index is 816. The van der Waals surface area contributed by atoms with Crippen LogP contribution in [0.15, 0.2) is 42.5 Å². The second-order valence-electron chi connectivity index (χ2n) is 6.33. The molecule has 0 aliphatic heterocycles. The van der Waals surface area contributed by atoms with Crippen molar-refractivity contribution in [2.45, 2.75) is 33.6 Å². The molecule has 0 nitrogen and oxygen atoms in total. The van der Waals surface area contributed by atoms with E-state index in [0.717, 1.165) is 12.8 Å². The molecule has 0 heteroatoms. The minimum atomic E-state index is 1.08. The van der Waals surface area contributed by atoms with E-state index in [4.69, 9.17) is 0 Å². The van der Waals surface area contributed by atoms with Crippen molar-refractivity contribution in [3.63, 3.8) is 0 Å². The highest BCUT2D eigenvalue weighted by atomic mass is 14.3. The van der Waals surface area contributed by atoms with Crippen LogP contribution >= 0.6 is 0 Å². The highest BCUT2D eigenvalue weighted by Gasteiger charge is 2.25. The van der Waals surface area contributed by atoms with Crippen LogP contribution in [-0.2, 0) is 6.42 Å². The largest absolute Gasteiger partial charge is 0.0801 e. The molecule has 2 aromatic rings. The molecule has 0 aromatic heterocycles. The van der Waals surface area contributed by atoms with Gasteiger partial charge in [-0.25, -0.2) is 0 Å². The maximum absolute atomic E-state index is 2.40. The Morgan fingerprint density at radius 3 is 2.57 bits per heavy atom. The van der Waals surface area contributed by atoms with E-state index in [2.05, 4.69) is 63.3 Å². The van der Waals surface area contributed by atoms with Gasteiger partial charge < -0.3 is 0 Å². The van der Waals surface area contributed by atoms with Gasteiger partial charge in [-0.05, 0) is 83.7 Å². The summed E-state index contributed by atoms with van der Waals surface area (Å²) in [7, 11) is 0. The van der Waals surface area contributed by atoms with Gasteiger partial charge in [-0.15, -0.1) is 0 Å². The van der Waals surface area contributed by atoms with Gasteiger partial charge in [0.2, 0.25) is 0 Å². The van der Waals surface area contributed by atoms with Crippen molar-refractivity contribution in [2.75, 3.05) is 0 Å². The normalized spacial score (nSPS) is 15.1. The van der Waals surface area contributed by atoms with E-state index in [-0.39, 0.29) is 0 Å². The highest BCUT2D eigenvalue weighted by Crippen LogP contribution is 2.45. The molecule has 0 amide bonds. The fourth-order valence-corrected chi connectivity index (χ4v) is 3.90. The van der Waals surface area contributed by atoms with Crippen LogP contribution in [0.3, 0.4) is 0 Å². The number of allylic oxidation sites excluding steroid dienone is 4. The summed E-state index contributed by atoms with van der Waals surface area (Å²) in [5, 5.41) is 0. The van der Waals surface area contributed by atoms with Gasteiger partial charge in [-0.2, -0.15) is 0 Å². The first kappa shape index (κ1) is 12.6. The Labute approximate surface area is 126 Å². The highest BCUT2D eigenvalue weighted by molar-refractivity contribution is 5.88. The summed E-state index contributed by atoms with van der Waals surface area (Å²) in [5.74, 6) is 0. The Hall–Kier alpha value is -2.08. The Balaban J connectivity index is 2.03. The number of fused-ring (bicyclic) bond motifs is 3. The average molecular weight is 272 g/mol. The third-order valence-corrected chi connectivity index (χ3v) is 5.04. The lowest BCUT2D eigenvalue weighted by atomic mass is 9.88. The number of hydrogen-bond donors (Lipinski definition) is 0. The molecule has 0 bridgehead atoms. The van der Waals surface area contributed by atoms with Crippen LogP contribution in [0.4, 0.5) is 0 Å². The molecule has 0 saturated carbocycles. The molecule has 2 aliphatic rings. The Morgan fingerprint density at radius 1 is 0.952 bits per heavy atom. The number of benzene rings is 2. The van der Waals surface area contributed by atoms with Gasteiger partial charge in [-0.1, -0.05) is 42.5 Å². The van der Waals surface area contributed by atoms with E-state index in [1.54, 1.807) is 0 Å². The zero-order valence-electron chi connectivity index (χ0n) is 13.0. The molecule has 21 heavy (non-hydrogen) atoms. The smallest absolute Gasteiger partial charge is 0.000719 e. The molecule has 2 aromatic carbocycles. The summed E-state index contributed by atoms with van der Waals surface area (Å²) in [6.45, 7) is 6.76. The quantitative estimate of drug-likeness (QED) is 0.546. The lowest BCUT2D eigenvalue weighted by molar-refractivity contribution is 1.19. The number of aryl methyl sites for hydroxylation is 2. The van der Waals surface area contributed by atoms with Crippen LogP contribution in [0.2, 0.25) is 0 Å². The van der Waals surface area contributed by atoms with Crippen LogP contribution in [-0.4, -0.2) is 0 Å². The summed E-state index contributed by atoms with van der Waals surface area (Å²) >= 11 is 0. The van der Waals surface area contributed by atoms with Gasteiger partial charge in [0.25, 0.3) is 0 Å². The van der Waals surface area contributed by atoms with Crippen molar-refractivity contribution in [1.29, 1.82) is 0 Å². The fourth-order valence-electron chi connectivity index (χ4n) is 3.90. The van der Waals surface area contributed by atoms with Crippen molar-refractivity contribution in [2.24, 2.45) is 0 Å². The predicted molar refractivity (Wildman–Crippen MR) is 90.6 cm³/mol. The second kappa shape index (κ2) is 4.46. The number of rotatable bonds is 1. The van der Waals surface area contributed by atoms with Gasteiger partial charge in [0.15, 0.2) is 0 Å². The third-order valence-electron chi connectivity index (χ3n) is 5.04. The first-order chi connectivity index (χ1) is 10.2. The molecule has 0 unspecified atom stereocenters. The molecular weight excluding hydrogens is 252 g/mol. The summed E-state index contributed by atoms with van der Waals surface area (Å²) in [4.78, 5) is 0. The maximum atomic E-state index is 2.40. The van der Waals surface area contributed by atoms with Crippen LogP contribution < -0.4 is 0 Å². The summed E-state index contributed by atoms with van der Waals surface area (Å²) in [6.07, 6.45) is 8.90. The summed E-state index contributed by atoms with van der Waals surface area (Å²) in [6, 6.07) is 9.11. The van der Waals surface area contributed by atoms with Gasteiger partial charge in [0, 0.05) is 0 Å². The van der Waals surface area contributed by atoms with Gasteiger partial charge in [0.05, 0.1) is 0 Å². The molecule has 0 radical (unpaired) electrons. The lowest BCUT2D eigenvalue weighted by Gasteiger charge is -2.16. The standard InChI is InChI=1S/C21H20/c1-13-7-6-10-17-12-19-18(20(13)17)11-14(2)15(3)21(19)16-8-4-5-9-16/h4-8,10-11H,9,12H2,1-3H3. The average Bonchev–Trinajstić information content (AvgIpc) is 3.08. The van der Waals surface area contributed by atoms with Crippen LogP contribution in [0.5, 0.6) is 0 Å². The SMILES string of the molecule is Cc1cc2c(c(C3=CC=CC3)c1C)Cc1cccc(C)c1-2. The molecule has 0 heterocycles. The van der Waals surface area contributed by atoms with E-state index >= 15 is 0 Å². The van der Waals surface area contributed by atoms with E-state index in [1.165, 1.54) is 50.1 Å². The summed E-state index contributed by atoms with van der Waals surface area (Å²) in [5.41, 5.74) is 13.2. The van der Waals surface area contributed by atoms with Gasteiger partial charge in [0.1, 0.15) is 0 Å². The topological polar surface area (TPSA) is 0 Å². The zero-order valence-corrected chi connectivity index (χ0v) is 13.0. The summed E-state index contributed by atoms with van der Waals surface area (Å²) < 4.78 is 0. The van der Waals surface area contributed by atoms with Crippen LogP contribution in [0.25, 0.3) is 16.7 Å². The Morgan fingerprint density at radius 2 is 1.81 bits per heavy atom. The van der Waals surface area contributed by atoms with Crippen LogP contribution in [0, 0.1) is 20.8 Å². The van der Waals surface area contributed by atoms with Crippen molar-refractivity contribution in [1.82, 2.24) is 0 Å². The maximum Gasteiger partial charge on any atom is -0.000719 e. The minimum Gasteiger partial charge on any atom is -0.0801 e. The minimum absolute atomic E-state index is 1.08. The molecule has 0 spiro atoms. The monoisotopic (exact) mass is 272 g/mol. The molecule has 0 atom stereocenters. The molecule has 0 N–H and O–H groups in total.